The van der Waals surface area contributed by atoms with Crippen molar-refractivity contribution in [1.29, 1.82) is 0 Å². The van der Waals surface area contributed by atoms with Crippen molar-refractivity contribution in [3.8, 4) is 17.2 Å². The molecule has 0 unspecified atom stereocenters. The average molecular weight is 612 g/mol. The van der Waals surface area contributed by atoms with E-state index in [4.69, 9.17) is 14.2 Å². The summed E-state index contributed by atoms with van der Waals surface area (Å²) in [5, 5.41) is 2.81. The molecule has 0 heterocycles. The van der Waals surface area contributed by atoms with Crippen LogP contribution < -0.4 is 23.8 Å². The van der Waals surface area contributed by atoms with E-state index in [0.29, 0.717) is 37.5 Å². The number of hydrogen-bond donors (Lipinski definition) is 1. The number of likely N-dealkylation sites (N-methyl/N-ethyl adjacent to an activating group) is 1. The summed E-state index contributed by atoms with van der Waals surface area (Å²) in [6.45, 7) is 6.03. The number of nitrogens with one attached hydrogen (secondary N) is 1. The Bertz CT molecular complexity index is 1450. The summed E-state index contributed by atoms with van der Waals surface area (Å²) < 4.78 is 45.6. The minimum absolute atomic E-state index is 0.0848. The second-order valence-corrected chi connectivity index (χ2v) is 11.5. The van der Waals surface area contributed by atoms with Gasteiger partial charge in [0.05, 0.1) is 31.4 Å². The second-order valence-electron chi connectivity index (χ2n) is 9.60. The number of amides is 2. The summed E-state index contributed by atoms with van der Waals surface area (Å²) in [5.74, 6) is 0.361. The molecule has 3 aromatic carbocycles. The van der Waals surface area contributed by atoms with Gasteiger partial charge in [-0.05, 0) is 68.7 Å². The zero-order valence-corrected chi connectivity index (χ0v) is 26.2. The number of carbonyl (C=O) groups is 2. The van der Waals surface area contributed by atoms with E-state index < -0.39 is 28.5 Å². The van der Waals surface area contributed by atoms with E-state index in [-0.39, 0.29) is 28.8 Å². The van der Waals surface area contributed by atoms with E-state index in [1.807, 2.05) is 51.1 Å². The Hall–Kier alpha value is -4.25. The molecule has 0 bridgehead atoms. The predicted octanol–water partition coefficient (Wildman–Crippen LogP) is 4.28. The molecule has 0 aliphatic heterocycles. The quantitative estimate of drug-likeness (QED) is 0.257. The number of methoxy groups -OCH3 is 2. The number of carbonyl (C=O) groups excluding carboxylic acids is 2. The van der Waals surface area contributed by atoms with E-state index in [1.54, 1.807) is 24.3 Å². The molecule has 0 aliphatic rings. The van der Waals surface area contributed by atoms with Crippen LogP contribution in [0.5, 0.6) is 17.2 Å². The number of hydrogen-bond acceptors (Lipinski definition) is 7. The molecular formula is C32H41N3O7S. The average Bonchev–Trinajstić information content (AvgIpc) is 3.02. The number of nitrogens with zero attached hydrogens (tertiary/aromatic N) is 2. The van der Waals surface area contributed by atoms with Gasteiger partial charge in [0.25, 0.3) is 10.0 Å². The highest BCUT2D eigenvalue weighted by Gasteiger charge is 2.33. The number of benzene rings is 3. The first-order valence-electron chi connectivity index (χ1n) is 14.3. The van der Waals surface area contributed by atoms with Crippen LogP contribution in [0, 0.1) is 0 Å². The Balaban J connectivity index is 2.06. The van der Waals surface area contributed by atoms with Crippen molar-refractivity contribution in [2.75, 3.05) is 44.8 Å². The minimum Gasteiger partial charge on any atom is -0.494 e. The molecule has 0 aromatic heterocycles. The zero-order valence-electron chi connectivity index (χ0n) is 25.4. The number of anilines is 1. The fraction of sp³-hybridized carbons (Fsp3) is 0.375. The van der Waals surface area contributed by atoms with Gasteiger partial charge in [0.15, 0.2) is 11.5 Å². The fourth-order valence-corrected chi connectivity index (χ4v) is 6.13. The predicted molar refractivity (Wildman–Crippen MR) is 166 cm³/mol. The Morgan fingerprint density at radius 2 is 1.56 bits per heavy atom. The van der Waals surface area contributed by atoms with E-state index in [9.17, 15) is 18.0 Å². The Labute approximate surface area is 254 Å². The summed E-state index contributed by atoms with van der Waals surface area (Å²) in [5.41, 5.74) is 1.26. The van der Waals surface area contributed by atoms with Crippen LogP contribution in [0.15, 0.2) is 77.7 Å². The molecule has 11 heteroatoms. The molecule has 1 N–H and O–H groups in total. The molecule has 0 aliphatic carbocycles. The Morgan fingerprint density at radius 1 is 0.884 bits per heavy atom. The van der Waals surface area contributed by atoms with E-state index >= 15 is 0 Å². The highest BCUT2D eigenvalue weighted by Crippen LogP contribution is 2.33. The molecule has 0 fully saturated rings. The lowest BCUT2D eigenvalue weighted by Gasteiger charge is -2.33. The fourth-order valence-electron chi connectivity index (χ4n) is 4.70. The maximum Gasteiger partial charge on any atom is 0.264 e. The Morgan fingerprint density at radius 3 is 2.14 bits per heavy atom. The first kappa shape index (κ1) is 33.3. The van der Waals surface area contributed by atoms with Gasteiger partial charge >= 0.3 is 0 Å². The third-order valence-electron chi connectivity index (χ3n) is 6.88. The lowest BCUT2D eigenvalue weighted by molar-refractivity contribution is -0.139. The maximum absolute atomic E-state index is 14.2. The van der Waals surface area contributed by atoms with E-state index in [0.717, 1.165) is 9.87 Å². The number of ether oxygens (including phenoxy) is 3. The molecule has 10 nitrogen and oxygen atoms in total. The molecule has 1 atom stereocenters. The largest absolute Gasteiger partial charge is 0.494 e. The lowest BCUT2D eigenvalue weighted by atomic mass is 10.1. The van der Waals surface area contributed by atoms with Crippen LogP contribution in [0.3, 0.4) is 0 Å². The smallest absolute Gasteiger partial charge is 0.264 e. The van der Waals surface area contributed by atoms with Crippen molar-refractivity contribution in [3.05, 3.63) is 78.4 Å². The molecule has 0 saturated heterocycles. The molecule has 3 aromatic rings. The minimum atomic E-state index is -4.29. The topological polar surface area (TPSA) is 114 Å². The van der Waals surface area contributed by atoms with Gasteiger partial charge in [0, 0.05) is 19.2 Å². The van der Waals surface area contributed by atoms with Crippen molar-refractivity contribution < 1.29 is 32.2 Å². The summed E-state index contributed by atoms with van der Waals surface area (Å²) in [6, 6.07) is 19.6. The van der Waals surface area contributed by atoms with Gasteiger partial charge in [-0.15, -0.1) is 0 Å². The van der Waals surface area contributed by atoms with Gasteiger partial charge in [-0.2, -0.15) is 0 Å². The van der Waals surface area contributed by atoms with Crippen LogP contribution in [-0.2, 0) is 26.0 Å². The van der Waals surface area contributed by atoms with Gasteiger partial charge in [0.2, 0.25) is 11.8 Å². The van der Waals surface area contributed by atoms with Crippen molar-refractivity contribution in [3.63, 3.8) is 0 Å². The lowest BCUT2D eigenvalue weighted by Crippen LogP contribution is -2.53. The molecule has 3 rings (SSSR count). The van der Waals surface area contributed by atoms with Gasteiger partial charge in [-0.3, -0.25) is 13.9 Å². The first-order chi connectivity index (χ1) is 20.7. The normalized spacial score (nSPS) is 11.7. The van der Waals surface area contributed by atoms with Crippen molar-refractivity contribution in [2.24, 2.45) is 0 Å². The highest BCUT2D eigenvalue weighted by molar-refractivity contribution is 7.92. The van der Waals surface area contributed by atoms with Crippen LogP contribution >= 0.6 is 0 Å². The van der Waals surface area contributed by atoms with Gasteiger partial charge in [0.1, 0.15) is 18.3 Å². The highest BCUT2D eigenvalue weighted by atomic mass is 32.2. The molecule has 0 spiro atoms. The van der Waals surface area contributed by atoms with Crippen LogP contribution in [-0.4, -0.2) is 71.6 Å². The van der Waals surface area contributed by atoms with Crippen molar-refractivity contribution in [2.45, 2.75) is 44.6 Å². The van der Waals surface area contributed by atoms with Crippen molar-refractivity contribution >= 4 is 27.5 Å². The second kappa shape index (κ2) is 15.8. The maximum atomic E-state index is 14.2. The summed E-state index contributed by atoms with van der Waals surface area (Å²) in [4.78, 5) is 28.5. The molecule has 0 saturated carbocycles. The summed E-state index contributed by atoms with van der Waals surface area (Å²) in [7, 11) is -1.41. The van der Waals surface area contributed by atoms with Crippen LogP contribution in [0.1, 0.15) is 32.8 Å². The molecular weight excluding hydrogens is 570 g/mol. The molecule has 0 radical (unpaired) electrons. The van der Waals surface area contributed by atoms with Crippen LogP contribution in [0.2, 0.25) is 0 Å². The summed E-state index contributed by atoms with van der Waals surface area (Å²) >= 11 is 0. The first-order valence-corrected chi connectivity index (χ1v) is 15.7. The van der Waals surface area contributed by atoms with E-state index in [2.05, 4.69) is 5.32 Å². The third kappa shape index (κ3) is 8.41. The standard InChI is InChI=1S/C32H41N3O7S/c1-6-28(32(37)33-7-2)34(21-20-24-12-10-9-11-13-24)31(36)23-35(25-14-16-26(17-15-25)42-8-3)43(38,39)27-18-19-29(40-4)30(22-27)41-5/h9-19,22,28H,6-8,20-21,23H2,1-5H3,(H,33,37)/t28-/m1/s1. The molecule has 43 heavy (non-hydrogen) atoms. The van der Waals surface area contributed by atoms with Crippen LogP contribution in [0.25, 0.3) is 0 Å². The Kier molecular flexibility index (Phi) is 12.2. The number of sulfonamides is 1. The monoisotopic (exact) mass is 611 g/mol. The van der Waals surface area contributed by atoms with Gasteiger partial charge in [-0.1, -0.05) is 37.3 Å². The number of rotatable bonds is 16. The summed E-state index contributed by atoms with van der Waals surface area (Å²) in [6.07, 6.45) is 0.853. The van der Waals surface area contributed by atoms with E-state index in [1.165, 1.54) is 37.3 Å². The molecule has 232 valence electrons. The molecule has 2 amide bonds. The zero-order chi connectivity index (χ0) is 31.4. The van der Waals surface area contributed by atoms with Gasteiger partial charge in [-0.25, -0.2) is 8.42 Å². The van der Waals surface area contributed by atoms with Crippen LogP contribution in [0.4, 0.5) is 5.69 Å². The van der Waals surface area contributed by atoms with Crippen molar-refractivity contribution in [1.82, 2.24) is 10.2 Å². The third-order valence-corrected chi connectivity index (χ3v) is 8.65. The SMILES string of the molecule is CCNC(=O)[C@@H](CC)N(CCc1ccccc1)C(=O)CN(c1ccc(OCC)cc1)S(=O)(=O)c1ccc(OC)c(OC)c1. The van der Waals surface area contributed by atoms with Gasteiger partial charge < -0.3 is 24.4 Å².